The Morgan fingerprint density at radius 1 is 0.615 bits per heavy atom. The molecule has 0 saturated carbocycles. The van der Waals surface area contributed by atoms with Crippen LogP contribution in [0.15, 0.2) is 72.8 Å². The molecule has 0 unspecified atom stereocenters. The van der Waals surface area contributed by atoms with E-state index in [2.05, 4.69) is 0 Å². The first-order valence-corrected chi connectivity index (χ1v) is 7.50. The Morgan fingerprint density at radius 3 is 1.23 bits per heavy atom. The van der Waals surface area contributed by atoms with Gasteiger partial charge in [-0.3, -0.25) is 20.2 Å². The van der Waals surface area contributed by atoms with Crippen LogP contribution in [0.25, 0.3) is 0 Å². The number of hydrogen-bond donors (Lipinski definition) is 0. The van der Waals surface area contributed by atoms with Crippen LogP contribution in [0.2, 0.25) is 0 Å². The Hall–Kier alpha value is -3.81. The molecule has 0 aliphatic heterocycles. The van der Waals surface area contributed by atoms with Crippen LogP contribution in [-0.4, -0.2) is 9.85 Å². The number of anilines is 3. The van der Waals surface area contributed by atoms with Crippen LogP contribution in [0.4, 0.5) is 32.8 Å². The summed E-state index contributed by atoms with van der Waals surface area (Å²) in [6.07, 6.45) is 0. The van der Waals surface area contributed by atoms with Crippen LogP contribution in [-0.2, 0) is 0 Å². The molecule has 26 heavy (non-hydrogen) atoms. The molecule has 7 nitrogen and oxygen atoms in total. The van der Waals surface area contributed by atoms with Crippen molar-refractivity contribution in [3.05, 3.63) is 98.8 Å². The van der Waals surface area contributed by atoms with Crippen molar-refractivity contribution in [1.82, 2.24) is 0 Å². The zero-order valence-electron chi connectivity index (χ0n) is 13.3. The fourth-order valence-corrected chi connectivity index (χ4v) is 2.48. The molecule has 0 aliphatic rings. The SMILES string of the molecule is O=[N+]([O-])c1ccc(N(c2ccc(F)cc2)c2ccc([N+](=O)[O-])cc2)cc1. The zero-order valence-corrected chi connectivity index (χ0v) is 13.3. The van der Waals surface area contributed by atoms with E-state index < -0.39 is 15.7 Å². The first-order valence-electron chi connectivity index (χ1n) is 7.50. The summed E-state index contributed by atoms with van der Waals surface area (Å²) < 4.78 is 13.3. The van der Waals surface area contributed by atoms with Crippen molar-refractivity contribution >= 4 is 28.4 Å². The van der Waals surface area contributed by atoms with Crippen molar-refractivity contribution < 1.29 is 14.2 Å². The van der Waals surface area contributed by atoms with E-state index in [0.29, 0.717) is 17.1 Å². The van der Waals surface area contributed by atoms with Gasteiger partial charge in [0.2, 0.25) is 0 Å². The summed E-state index contributed by atoms with van der Waals surface area (Å²) >= 11 is 0. The quantitative estimate of drug-likeness (QED) is 0.469. The molecule has 0 heterocycles. The van der Waals surface area contributed by atoms with Crippen molar-refractivity contribution in [2.45, 2.75) is 0 Å². The fourth-order valence-electron chi connectivity index (χ4n) is 2.48. The van der Waals surface area contributed by atoms with E-state index in [-0.39, 0.29) is 11.4 Å². The number of nitro groups is 2. The Balaban J connectivity index is 2.08. The molecule has 0 bridgehead atoms. The number of hydrogen-bond acceptors (Lipinski definition) is 5. The maximum Gasteiger partial charge on any atom is 0.269 e. The standard InChI is InChI=1S/C18H12FN3O4/c19-13-1-3-14(4-2-13)20(15-5-9-17(10-6-15)21(23)24)16-7-11-18(12-8-16)22(25)26/h1-12H. The third kappa shape index (κ3) is 3.48. The Bertz CT molecular complexity index is 884. The topological polar surface area (TPSA) is 89.5 Å². The molecule has 0 spiro atoms. The summed E-state index contributed by atoms with van der Waals surface area (Å²) in [4.78, 5) is 22.4. The maximum absolute atomic E-state index is 13.3. The lowest BCUT2D eigenvalue weighted by Gasteiger charge is -2.25. The molecule has 3 aromatic carbocycles. The molecule has 0 radical (unpaired) electrons. The van der Waals surface area contributed by atoms with E-state index in [4.69, 9.17) is 0 Å². The number of nitrogens with zero attached hydrogens (tertiary/aromatic N) is 3. The number of halogens is 1. The predicted molar refractivity (Wildman–Crippen MR) is 94.4 cm³/mol. The fraction of sp³-hybridized carbons (Fsp3) is 0. The highest BCUT2D eigenvalue weighted by Crippen LogP contribution is 2.35. The molecule has 0 saturated heterocycles. The van der Waals surface area contributed by atoms with Crippen molar-refractivity contribution in [2.75, 3.05) is 4.90 Å². The minimum absolute atomic E-state index is 0.0588. The Kier molecular flexibility index (Phi) is 4.57. The average Bonchev–Trinajstić information content (AvgIpc) is 2.64. The zero-order chi connectivity index (χ0) is 18.7. The molecule has 0 aromatic heterocycles. The van der Waals surface area contributed by atoms with Gasteiger partial charge in [0, 0.05) is 41.3 Å². The molecule has 0 aliphatic carbocycles. The highest BCUT2D eigenvalue weighted by molar-refractivity contribution is 5.77. The van der Waals surface area contributed by atoms with Crippen LogP contribution in [0.1, 0.15) is 0 Å². The van der Waals surface area contributed by atoms with Gasteiger partial charge >= 0.3 is 0 Å². The minimum Gasteiger partial charge on any atom is -0.310 e. The second kappa shape index (κ2) is 6.98. The van der Waals surface area contributed by atoms with Crippen LogP contribution < -0.4 is 4.90 Å². The molecule has 8 heteroatoms. The summed E-state index contributed by atoms with van der Waals surface area (Å²) in [6, 6.07) is 17.4. The monoisotopic (exact) mass is 353 g/mol. The highest BCUT2D eigenvalue weighted by Gasteiger charge is 2.15. The third-order valence-corrected chi connectivity index (χ3v) is 3.72. The average molecular weight is 353 g/mol. The van der Waals surface area contributed by atoms with Gasteiger partial charge in [-0.1, -0.05) is 0 Å². The van der Waals surface area contributed by atoms with E-state index in [1.165, 1.54) is 36.4 Å². The van der Waals surface area contributed by atoms with Gasteiger partial charge in [-0.2, -0.15) is 0 Å². The highest BCUT2D eigenvalue weighted by atomic mass is 19.1. The first kappa shape index (κ1) is 17.0. The normalized spacial score (nSPS) is 10.3. The van der Waals surface area contributed by atoms with Crippen LogP contribution in [0.3, 0.4) is 0 Å². The lowest BCUT2D eigenvalue weighted by Crippen LogP contribution is -2.10. The summed E-state index contributed by atoms with van der Waals surface area (Å²) in [5.74, 6) is -0.402. The summed E-state index contributed by atoms with van der Waals surface area (Å²) in [5, 5.41) is 21.7. The van der Waals surface area contributed by atoms with Crippen molar-refractivity contribution in [1.29, 1.82) is 0 Å². The largest absolute Gasteiger partial charge is 0.310 e. The van der Waals surface area contributed by atoms with Gasteiger partial charge in [-0.15, -0.1) is 0 Å². The van der Waals surface area contributed by atoms with E-state index in [1.54, 1.807) is 41.3 Å². The molecule has 0 fully saturated rings. The third-order valence-electron chi connectivity index (χ3n) is 3.72. The number of benzene rings is 3. The van der Waals surface area contributed by atoms with Gasteiger partial charge in [0.25, 0.3) is 11.4 Å². The van der Waals surface area contributed by atoms with Crippen molar-refractivity contribution in [2.24, 2.45) is 0 Å². The smallest absolute Gasteiger partial charge is 0.269 e. The molecular formula is C18H12FN3O4. The molecular weight excluding hydrogens is 341 g/mol. The second-order valence-electron chi connectivity index (χ2n) is 5.36. The van der Waals surface area contributed by atoms with Crippen LogP contribution in [0.5, 0.6) is 0 Å². The number of nitro benzene ring substituents is 2. The summed E-state index contributed by atoms with van der Waals surface area (Å²) in [5.41, 5.74) is 1.68. The molecule has 0 amide bonds. The molecule has 3 aromatic rings. The van der Waals surface area contributed by atoms with Gasteiger partial charge in [0.05, 0.1) is 9.85 Å². The Labute approximate surface area is 147 Å². The lowest BCUT2D eigenvalue weighted by molar-refractivity contribution is -0.385. The minimum atomic E-state index is -0.502. The number of non-ortho nitro benzene ring substituents is 2. The second-order valence-corrected chi connectivity index (χ2v) is 5.36. The molecule has 3 rings (SSSR count). The first-order chi connectivity index (χ1) is 12.5. The molecule has 130 valence electrons. The Morgan fingerprint density at radius 2 is 0.923 bits per heavy atom. The lowest BCUT2D eigenvalue weighted by atomic mass is 10.1. The molecule has 0 atom stereocenters. The van der Waals surface area contributed by atoms with Gasteiger partial charge in [-0.25, -0.2) is 4.39 Å². The van der Waals surface area contributed by atoms with Crippen molar-refractivity contribution in [3.63, 3.8) is 0 Å². The van der Waals surface area contributed by atoms with Crippen LogP contribution >= 0.6 is 0 Å². The van der Waals surface area contributed by atoms with Gasteiger partial charge in [-0.05, 0) is 48.5 Å². The van der Waals surface area contributed by atoms with E-state index in [9.17, 15) is 24.6 Å². The van der Waals surface area contributed by atoms with Crippen molar-refractivity contribution in [3.8, 4) is 0 Å². The van der Waals surface area contributed by atoms with E-state index >= 15 is 0 Å². The van der Waals surface area contributed by atoms with E-state index in [1.807, 2.05) is 0 Å². The number of rotatable bonds is 5. The molecule has 0 N–H and O–H groups in total. The summed E-state index contributed by atoms with van der Waals surface area (Å²) in [6.45, 7) is 0. The predicted octanol–water partition coefficient (Wildman–Crippen LogP) is 5.11. The van der Waals surface area contributed by atoms with Gasteiger partial charge in [0.1, 0.15) is 5.82 Å². The van der Waals surface area contributed by atoms with Gasteiger partial charge in [0.15, 0.2) is 0 Å². The van der Waals surface area contributed by atoms with Gasteiger partial charge < -0.3 is 4.90 Å². The summed E-state index contributed by atoms with van der Waals surface area (Å²) in [7, 11) is 0. The van der Waals surface area contributed by atoms with Crippen LogP contribution in [0, 0.1) is 26.0 Å². The maximum atomic E-state index is 13.3. The van der Waals surface area contributed by atoms with E-state index in [0.717, 1.165) is 0 Å².